The fraction of sp³-hybridized carbons (Fsp3) is 0.359. The lowest BCUT2D eigenvalue weighted by Gasteiger charge is -2.28. The second-order valence-electron chi connectivity index (χ2n) is 12.7. The predicted molar refractivity (Wildman–Crippen MR) is 203 cm³/mol. The Morgan fingerprint density at radius 2 is 1.94 bits per heavy atom. The lowest BCUT2D eigenvalue weighted by Crippen LogP contribution is -2.42. The van der Waals surface area contributed by atoms with E-state index in [0.29, 0.717) is 103 Å². The number of nitriles is 1. The summed E-state index contributed by atoms with van der Waals surface area (Å²) in [6.07, 6.45) is 6.35. The van der Waals surface area contributed by atoms with Crippen LogP contribution < -0.4 is 25.4 Å². The second-order valence-corrected chi connectivity index (χ2v) is 13.1. The third-order valence-electron chi connectivity index (χ3n) is 8.88. The Bertz CT molecular complexity index is 1990. The molecule has 2 saturated heterocycles. The van der Waals surface area contributed by atoms with E-state index in [9.17, 15) is 14.9 Å². The number of pyridine rings is 2. The Balaban J connectivity index is 1.18. The van der Waals surface area contributed by atoms with E-state index in [1.807, 2.05) is 18.2 Å². The van der Waals surface area contributed by atoms with E-state index >= 15 is 0 Å². The van der Waals surface area contributed by atoms with Crippen molar-refractivity contribution in [2.45, 2.75) is 32.0 Å². The summed E-state index contributed by atoms with van der Waals surface area (Å²) in [6.45, 7) is 3.59. The number of anilines is 3. The molecule has 2 aliphatic rings. The van der Waals surface area contributed by atoms with E-state index < -0.39 is 0 Å². The Morgan fingerprint density at radius 1 is 1.09 bits per heavy atom. The van der Waals surface area contributed by atoms with E-state index in [-0.39, 0.29) is 49.8 Å². The highest BCUT2D eigenvalue weighted by Crippen LogP contribution is 2.39. The fourth-order valence-electron chi connectivity index (χ4n) is 6.10. The van der Waals surface area contributed by atoms with Gasteiger partial charge in [0, 0.05) is 55.6 Å². The molecule has 2 aliphatic heterocycles. The number of aliphatic hydroxyl groups excluding tert-OH is 1. The van der Waals surface area contributed by atoms with Crippen molar-refractivity contribution < 1.29 is 33.6 Å². The molecule has 4 heterocycles. The average Bonchev–Trinajstić information content (AvgIpc) is 3.70. The van der Waals surface area contributed by atoms with Gasteiger partial charge in [0.2, 0.25) is 11.8 Å². The van der Waals surface area contributed by atoms with Gasteiger partial charge in [-0.25, -0.2) is 0 Å². The van der Waals surface area contributed by atoms with E-state index in [1.54, 1.807) is 47.5 Å². The number of aromatic nitrogens is 2. The van der Waals surface area contributed by atoms with Crippen LogP contribution in [-0.2, 0) is 25.7 Å². The average molecular weight is 756 g/mol. The molecule has 2 fully saturated rings. The van der Waals surface area contributed by atoms with Gasteiger partial charge in [-0.2, -0.15) is 5.26 Å². The molecule has 15 heteroatoms. The molecule has 14 nitrogen and oxygen atoms in total. The Hall–Kier alpha value is -5.30. The van der Waals surface area contributed by atoms with Gasteiger partial charge in [0.25, 0.3) is 0 Å². The van der Waals surface area contributed by atoms with E-state index in [2.05, 4.69) is 32.0 Å². The number of hydrogen-bond donors (Lipinski definition) is 4. The maximum atomic E-state index is 13.6. The van der Waals surface area contributed by atoms with Crippen molar-refractivity contribution in [2.75, 3.05) is 69.8 Å². The number of nitrogens with zero attached hydrogens (tertiary/aromatic N) is 4. The van der Waals surface area contributed by atoms with Gasteiger partial charge < -0.3 is 44.9 Å². The third kappa shape index (κ3) is 10.2. The van der Waals surface area contributed by atoms with Crippen LogP contribution in [0.2, 0.25) is 5.02 Å². The summed E-state index contributed by atoms with van der Waals surface area (Å²) in [5.74, 6) is 0.535. The summed E-state index contributed by atoms with van der Waals surface area (Å²) < 4.78 is 22.9. The molecule has 2 amide bonds. The first kappa shape index (κ1) is 38.4. The first-order valence-electron chi connectivity index (χ1n) is 17.8. The Kier molecular flexibility index (Phi) is 13.6. The quantitative estimate of drug-likeness (QED) is 0.0914. The minimum atomic E-state index is -0.358. The van der Waals surface area contributed by atoms with Crippen molar-refractivity contribution in [3.63, 3.8) is 0 Å². The summed E-state index contributed by atoms with van der Waals surface area (Å²) in [4.78, 5) is 36.9. The molecule has 4 aromatic rings. The SMILES string of the molecule is N#Cc1cnc2c(NC(=O)C=C3CCN(C(=O)CNCCOCCO)CC3)c(OC3CCOC3)ccc2c1Nc1ccc(OCc2ccccn2)c(Cl)c1. The Morgan fingerprint density at radius 3 is 2.69 bits per heavy atom. The van der Waals surface area contributed by atoms with E-state index in [4.69, 9.17) is 35.7 Å². The van der Waals surface area contributed by atoms with Crippen molar-refractivity contribution in [1.29, 1.82) is 5.26 Å². The number of ether oxygens (including phenoxy) is 4. The Labute approximate surface area is 318 Å². The number of piperidine rings is 1. The molecule has 282 valence electrons. The maximum absolute atomic E-state index is 13.6. The summed E-state index contributed by atoms with van der Waals surface area (Å²) in [5, 5.41) is 29.2. The number of aliphatic hydroxyl groups is 1. The highest BCUT2D eigenvalue weighted by atomic mass is 35.5. The van der Waals surface area contributed by atoms with Crippen LogP contribution in [0.3, 0.4) is 0 Å². The molecule has 0 saturated carbocycles. The molecular formula is C39H42ClN7O7. The molecule has 0 spiro atoms. The molecule has 0 aliphatic carbocycles. The maximum Gasteiger partial charge on any atom is 0.248 e. The number of carbonyl (C=O) groups excluding carboxylic acids is 2. The summed E-state index contributed by atoms with van der Waals surface area (Å²) in [7, 11) is 0. The van der Waals surface area contributed by atoms with Gasteiger partial charge >= 0.3 is 0 Å². The molecule has 1 unspecified atom stereocenters. The van der Waals surface area contributed by atoms with Crippen LogP contribution in [-0.4, -0.2) is 97.1 Å². The monoisotopic (exact) mass is 755 g/mol. The topological polar surface area (TPSA) is 180 Å². The molecular weight excluding hydrogens is 714 g/mol. The van der Waals surface area contributed by atoms with Crippen LogP contribution in [0.1, 0.15) is 30.5 Å². The lowest BCUT2D eigenvalue weighted by atomic mass is 10.0. The van der Waals surface area contributed by atoms with E-state index in [0.717, 1.165) is 11.3 Å². The summed E-state index contributed by atoms with van der Waals surface area (Å²) in [5.41, 5.74) is 3.86. The minimum absolute atomic E-state index is 0.0199. The van der Waals surface area contributed by atoms with Crippen molar-refractivity contribution in [1.82, 2.24) is 20.2 Å². The van der Waals surface area contributed by atoms with Gasteiger partial charge in [0.15, 0.2) is 0 Å². The zero-order chi connectivity index (χ0) is 37.7. The molecule has 4 N–H and O–H groups in total. The highest BCUT2D eigenvalue weighted by Gasteiger charge is 2.24. The van der Waals surface area contributed by atoms with Crippen LogP contribution in [0.15, 0.2) is 72.6 Å². The largest absolute Gasteiger partial charge is 0.486 e. The zero-order valence-corrected chi connectivity index (χ0v) is 30.4. The number of benzene rings is 2. The molecule has 1 atom stereocenters. The van der Waals surface area contributed by atoms with Crippen molar-refractivity contribution in [3.8, 4) is 17.6 Å². The van der Waals surface area contributed by atoms with Crippen LogP contribution >= 0.6 is 11.6 Å². The minimum Gasteiger partial charge on any atom is -0.486 e. The molecule has 2 aromatic carbocycles. The van der Waals surface area contributed by atoms with Crippen molar-refractivity contribution >= 4 is 51.4 Å². The summed E-state index contributed by atoms with van der Waals surface area (Å²) in [6, 6.07) is 16.6. The van der Waals surface area contributed by atoms with Gasteiger partial charge in [0.05, 0.1) is 67.1 Å². The number of likely N-dealkylation sites (tertiary alicyclic amines) is 1. The number of rotatable bonds is 16. The number of fused-ring (bicyclic) bond motifs is 1. The number of nitrogens with one attached hydrogen (secondary N) is 3. The van der Waals surface area contributed by atoms with Gasteiger partial charge in [-0.05, 0) is 55.3 Å². The number of hydrogen-bond acceptors (Lipinski definition) is 12. The normalized spacial score (nSPS) is 15.5. The van der Waals surface area contributed by atoms with Gasteiger partial charge in [-0.15, -0.1) is 0 Å². The first-order valence-corrected chi connectivity index (χ1v) is 18.2. The van der Waals surface area contributed by atoms with Gasteiger partial charge in [-0.1, -0.05) is 23.2 Å². The van der Waals surface area contributed by atoms with Crippen LogP contribution in [0, 0.1) is 11.3 Å². The summed E-state index contributed by atoms with van der Waals surface area (Å²) >= 11 is 6.61. The zero-order valence-electron chi connectivity index (χ0n) is 29.7. The fourth-order valence-corrected chi connectivity index (χ4v) is 6.33. The number of carbonyl (C=O) groups is 2. The molecule has 0 bridgehead atoms. The molecule has 54 heavy (non-hydrogen) atoms. The number of amides is 2. The van der Waals surface area contributed by atoms with Crippen molar-refractivity contribution in [3.05, 3.63) is 88.9 Å². The second kappa shape index (κ2) is 19.2. The molecule has 2 aromatic heterocycles. The standard InChI is InChI=1S/C39H42ClN7O7/c40-32-20-28(4-6-33(32)53-24-29-3-1-2-11-43-29)45-37-27(21-41)22-44-38-31(37)5-7-34(54-30-10-16-52-25-30)39(38)46-35(49)19-26-8-13-47(14-9-26)36(50)23-42-12-17-51-18-15-48/h1-7,11,19-20,22,30,42,48H,8-10,12-18,23-25H2,(H,44,45)(H,46,49). The first-order chi connectivity index (χ1) is 26.4. The molecule has 0 radical (unpaired) electrons. The van der Waals surface area contributed by atoms with Crippen LogP contribution in [0.5, 0.6) is 11.5 Å². The van der Waals surface area contributed by atoms with Crippen LogP contribution in [0.25, 0.3) is 10.9 Å². The van der Waals surface area contributed by atoms with E-state index in [1.165, 1.54) is 6.20 Å². The van der Waals surface area contributed by atoms with Crippen molar-refractivity contribution in [2.24, 2.45) is 0 Å². The number of halogens is 1. The highest BCUT2D eigenvalue weighted by molar-refractivity contribution is 6.32. The molecule has 6 rings (SSSR count). The lowest BCUT2D eigenvalue weighted by molar-refractivity contribution is -0.130. The van der Waals surface area contributed by atoms with Crippen LogP contribution in [0.4, 0.5) is 17.1 Å². The van der Waals surface area contributed by atoms with Gasteiger partial charge in [-0.3, -0.25) is 19.6 Å². The third-order valence-corrected chi connectivity index (χ3v) is 9.18. The smallest absolute Gasteiger partial charge is 0.248 e. The predicted octanol–water partition coefficient (Wildman–Crippen LogP) is 4.73. The van der Waals surface area contributed by atoms with Gasteiger partial charge in [0.1, 0.15) is 36.0 Å².